The third kappa shape index (κ3) is 5.91. The molecule has 1 amide bonds. The van der Waals surface area contributed by atoms with Crippen LogP contribution in [0, 0.1) is 0 Å². The molecule has 5 rings (SSSR count). The van der Waals surface area contributed by atoms with Crippen LogP contribution in [0.1, 0.15) is 27.5 Å². The van der Waals surface area contributed by atoms with Crippen molar-refractivity contribution in [3.05, 3.63) is 102 Å². The second-order valence-electron chi connectivity index (χ2n) is 8.38. The van der Waals surface area contributed by atoms with E-state index in [0.29, 0.717) is 17.8 Å². The SMILES string of the molecule is Cl.Cl.Cl.O=C(c1ccccn1)N1CCN2C(CNCC2C(c2ccccc2)c2ccccc2)C1. The fourth-order valence-corrected chi connectivity index (χ4v) is 5.11. The summed E-state index contributed by atoms with van der Waals surface area (Å²) in [6.45, 7) is 4.19. The van der Waals surface area contributed by atoms with Gasteiger partial charge >= 0.3 is 0 Å². The molecule has 0 spiro atoms. The summed E-state index contributed by atoms with van der Waals surface area (Å²) in [6, 6.07) is 27.8. The molecule has 2 atom stereocenters. The smallest absolute Gasteiger partial charge is 0.272 e. The average Bonchev–Trinajstić information content (AvgIpc) is 2.85. The number of amides is 1. The quantitative estimate of drug-likeness (QED) is 0.557. The van der Waals surface area contributed by atoms with E-state index in [1.807, 2.05) is 17.0 Å². The van der Waals surface area contributed by atoms with Crippen molar-refractivity contribution in [3.63, 3.8) is 0 Å². The Balaban J connectivity index is 0.00000136. The van der Waals surface area contributed by atoms with Crippen LogP contribution in [0.15, 0.2) is 85.1 Å². The number of nitrogens with one attached hydrogen (secondary N) is 1. The van der Waals surface area contributed by atoms with Crippen molar-refractivity contribution in [1.82, 2.24) is 20.1 Å². The van der Waals surface area contributed by atoms with Gasteiger partial charge in [0.1, 0.15) is 5.69 Å². The Bertz CT molecular complexity index is 971. The fraction of sp³-hybridized carbons (Fsp3) is 0.308. The topological polar surface area (TPSA) is 48.5 Å². The number of carbonyl (C=O) groups excluding carboxylic acids is 1. The summed E-state index contributed by atoms with van der Waals surface area (Å²) >= 11 is 0. The van der Waals surface area contributed by atoms with Gasteiger partial charge < -0.3 is 10.2 Å². The number of piperazine rings is 2. The minimum atomic E-state index is 0. The fourth-order valence-electron chi connectivity index (χ4n) is 5.11. The van der Waals surface area contributed by atoms with Crippen molar-refractivity contribution < 1.29 is 4.79 Å². The first-order valence-electron chi connectivity index (χ1n) is 11.1. The second kappa shape index (κ2) is 13.1. The van der Waals surface area contributed by atoms with Crippen molar-refractivity contribution in [2.75, 3.05) is 32.7 Å². The molecule has 3 heterocycles. The van der Waals surface area contributed by atoms with E-state index in [4.69, 9.17) is 0 Å². The van der Waals surface area contributed by atoms with E-state index in [2.05, 4.69) is 75.9 Å². The Morgan fingerprint density at radius 3 is 2.03 bits per heavy atom. The number of nitrogens with zero attached hydrogens (tertiary/aromatic N) is 3. The number of rotatable bonds is 4. The third-order valence-electron chi connectivity index (χ3n) is 6.56. The molecule has 2 aliphatic heterocycles. The first-order chi connectivity index (χ1) is 15.3. The van der Waals surface area contributed by atoms with Gasteiger partial charge in [0.05, 0.1) is 0 Å². The normalized spacial score (nSPS) is 19.7. The van der Waals surface area contributed by atoms with Crippen LogP contribution in [-0.4, -0.2) is 65.5 Å². The first-order valence-corrected chi connectivity index (χ1v) is 11.1. The number of carbonyl (C=O) groups is 1. The van der Waals surface area contributed by atoms with Gasteiger partial charge in [-0.15, -0.1) is 37.2 Å². The lowest BCUT2D eigenvalue weighted by molar-refractivity contribution is 0.0141. The lowest BCUT2D eigenvalue weighted by atomic mass is 9.82. The summed E-state index contributed by atoms with van der Waals surface area (Å²) in [5.74, 6) is 0.320. The van der Waals surface area contributed by atoms with Gasteiger partial charge in [-0.25, -0.2) is 0 Å². The number of pyridine rings is 1. The van der Waals surface area contributed by atoms with E-state index in [1.54, 1.807) is 12.3 Å². The summed E-state index contributed by atoms with van der Waals surface area (Å²) in [5.41, 5.74) is 3.21. The first kappa shape index (κ1) is 28.1. The van der Waals surface area contributed by atoms with E-state index < -0.39 is 0 Å². The number of hydrogen-bond acceptors (Lipinski definition) is 4. The minimum Gasteiger partial charge on any atom is -0.334 e. The number of halogens is 3. The Kier molecular flexibility index (Phi) is 10.8. The van der Waals surface area contributed by atoms with E-state index >= 15 is 0 Å². The van der Waals surface area contributed by atoms with Crippen LogP contribution in [0.2, 0.25) is 0 Å². The highest BCUT2D eigenvalue weighted by atomic mass is 35.5. The Labute approximate surface area is 220 Å². The van der Waals surface area contributed by atoms with Gasteiger partial charge in [-0.05, 0) is 23.3 Å². The molecule has 34 heavy (non-hydrogen) atoms. The van der Waals surface area contributed by atoms with Crippen LogP contribution in [0.25, 0.3) is 0 Å². The van der Waals surface area contributed by atoms with Gasteiger partial charge in [0.15, 0.2) is 0 Å². The van der Waals surface area contributed by atoms with Crippen LogP contribution in [0.5, 0.6) is 0 Å². The molecule has 2 aromatic carbocycles. The van der Waals surface area contributed by atoms with Crippen LogP contribution >= 0.6 is 37.2 Å². The summed E-state index contributed by atoms with van der Waals surface area (Å²) in [4.78, 5) is 21.8. The molecule has 1 N–H and O–H groups in total. The number of aromatic nitrogens is 1. The molecular formula is C26H31Cl3N4O. The van der Waals surface area contributed by atoms with E-state index in [9.17, 15) is 4.79 Å². The molecule has 5 nitrogen and oxygen atoms in total. The molecule has 8 heteroatoms. The standard InChI is InChI=1S/C26H28N4O.3ClH/c31-26(23-13-7-8-14-28-23)29-15-16-30-22(19-29)17-27-18-24(30)25(20-9-3-1-4-10-20)21-11-5-2-6-12-21;;;/h1-14,22,24-25,27H,15-19H2;3*1H. The van der Waals surface area contributed by atoms with Crippen molar-refractivity contribution in [2.45, 2.75) is 18.0 Å². The van der Waals surface area contributed by atoms with E-state index in [1.165, 1.54) is 11.1 Å². The molecule has 0 bridgehead atoms. The Hall–Kier alpha value is -2.15. The number of benzene rings is 2. The molecule has 0 aliphatic carbocycles. The van der Waals surface area contributed by atoms with Crippen molar-refractivity contribution >= 4 is 43.1 Å². The van der Waals surface area contributed by atoms with Crippen LogP contribution in [-0.2, 0) is 0 Å². The molecular weight excluding hydrogens is 491 g/mol. The largest absolute Gasteiger partial charge is 0.334 e. The molecule has 182 valence electrons. The second-order valence-corrected chi connectivity index (χ2v) is 8.38. The highest BCUT2D eigenvalue weighted by Crippen LogP contribution is 2.34. The molecule has 2 unspecified atom stereocenters. The van der Waals surface area contributed by atoms with E-state index in [-0.39, 0.29) is 49.0 Å². The maximum absolute atomic E-state index is 13.0. The zero-order valence-corrected chi connectivity index (χ0v) is 21.3. The highest BCUT2D eigenvalue weighted by molar-refractivity contribution is 5.92. The van der Waals surface area contributed by atoms with Crippen molar-refractivity contribution in [1.29, 1.82) is 0 Å². The predicted octanol–water partition coefficient (Wildman–Crippen LogP) is 4.28. The van der Waals surface area contributed by atoms with Crippen LogP contribution in [0.4, 0.5) is 0 Å². The van der Waals surface area contributed by atoms with Crippen molar-refractivity contribution in [2.24, 2.45) is 0 Å². The third-order valence-corrected chi connectivity index (χ3v) is 6.56. The molecule has 2 aliphatic rings. The molecule has 0 radical (unpaired) electrons. The summed E-state index contributed by atoms with van der Waals surface area (Å²) in [5, 5.41) is 3.66. The molecule has 0 saturated carbocycles. The summed E-state index contributed by atoms with van der Waals surface area (Å²) < 4.78 is 0. The van der Waals surface area contributed by atoms with Crippen LogP contribution < -0.4 is 5.32 Å². The number of fused-ring (bicyclic) bond motifs is 1. The molecule has 2 fully saturated rings. The van der Waals surface area contributed by atoms with Gasteiger partial charge in [0, 0.05) is 56.9 Å². The van der Waals surface area contributed by atoms with Gasteiger partial charge in [-0.3, -0.25) is 14.7 Å². The molecule has 2 saturated heterocycles. The lowest BCUT2D eigenvalue weighted by Crippen LogP contribution is -2.66. The van der Waals surface area contributed by atoms with Gasteiger partial charge in [0.2, 0.25) is 0 Å². The highest BCUT2D eigenvalue weighted by Gasteiger charge is 2.40. The summed E-state index contributed by atoms with van der Waals surface area (Å²) in [7, 11) is 0. The van der Waals surface area contributed by atoms with E-state index in [0.717, 1.165) is 32.7 Å². The average molecular weight is 522 g/mol. The van der Waals surface area contributed by atoms with Gasteiger partial charge in [0.25, 0.3) is 5.91 Å². The summed E-state index contributed by atoms with van der Waals surface area (Å²) in [6.07, 6.45) is 1.69. The van der Waals surface area contributed by atoms with Crippen molar-refractivity contribution in [3.8, 4) is 0 Å². The monoisotopic (exact) mass is 520 g/mol. The lowest BCUT2D eigenvalue weighted by Gasteiger charge is -2.50. The van der Waals surface area contributed by atoms with Crippen LogP contribution in [0.3, 0.4) is 0 Å². The number of hydrogen-bond donors (Lipinski definition) is 1. The predicted molar refractivity (Wildman–Crippen MR) is 144 cm³/mol. The zero-order chi connectivity index (χ0) is 21.0. The minimum absolute atomic E-state index is 0. The molecule has 3 aromatic rings. The Morgan fingerprint density at radius 1 is 0.824 bits per heavy atom. The molecule has 1 aromatic heterocycles. The Morgan fingerprint density at radius 2 is 1.44 bits per heavy atom. The zero-order valence-electron chi connectivity index (χ0n) is 18.8. The van der Waals surface area contributed by atoms with Gasteiger partial charge in [-0.1, -0.05) is 66.7 Å². The maximum Gasteiger partial charge on any atom is 0.272 e. The van der Waals surface area contributed by atoms with Gasteiger partial charge in [-0.2, -0.15) is 0 Å². The maximum atomic E-state index is 13.0.